The predicted molar refractivity (Wildman–Crippen MR) is 195 cm³/mol. The zero-order chi connectivity index (χ0) is 34.6. The van der Waals surface area contributed by atoms with Gasteiger partial charge in [-0.3, -0.25) is 9.59 Å². The van der Waals surface area contributed by atoms with Crippen LogP contribution in [0.2, 0.25) is 10.0 Å². The summed E-state index contributed by atoms with van der Waals surface area (Å²) in [5.41, 5.74) is 4.45. The molecule has 1 unspecified atom stereocenters. The molecule has 0 aliphatic carbocycles. The third-order valence-corrected chi connectivity index (χ3v) is 9.58. The fourth-order valence-corrected chi connectivity index (χ4v) is 5.57. The van der Waals surface area contributed by atoms with Crippen LogP contribution in [-0.4, -0.2) is 30.2 Å². The average molecular weight is 687 g/mol. The molecule has 0 saturated carbocycles. The van der Waals surface area contributed by atoms with Crippen LogP contribution in [0.15, 0.2) is 96.1 Å². The molecule has 5 rings (SSSR count). The minimum absolute atomic E-state index is 0.0349. The Bertz CT molecular complexity index is 1820. The number of rotatable bonds is 12. The summed E-state index contributed by atoms with van der Waals surface area (Å²) in [7, 11) is 0. The SMILES string of the molecule is CCC(C)(C)c1ccc(OCC(=O)Nc2ccc(N3N=C(c4ccc(Cl)cc4)C(Oc4cccc(Cl)c4)C3=O)cc2)c(C(C)(C)CC)c1. The van der Waals surface area contributed by atoms with Crippen LogP contribution >= 0.6 is 23.2 Å². The van der Waals surface area contributed by atoms with E-state index in [4.69, 9.17) is 32.7 Å². The van der Waals surface area contributed by atoms with Gasteiger partial charge in [-0.15, -0.1) is 0 Å². The quantitative estimate of drug-likeness (QED) is 0.161. The first-order valence-corrected chi connectivity index (χ1v) is 16.8. The van der Waals surface area contributed by atoms with Gasteiger partial charge < -0.3 is 14.8 Å². The van der Waals surface area contributed by atoms with Gasteiger partial charge in [0.05, 0.1) is 5.69 Å². The molecule has 1 heterocycles. The van der Waals surface area contributed by atoms with Gasteiger partial charge in [0.15, 0.2) is 6.61 Å². The highest BCUT2D eigenvalue weighted by Gasteiger charge is 2.39. The molecule has 1 N–H and O–H groups in total. The van der Waals surface area contributed by atoms with Gasteiger partial charge in [0.1, 0.15) is 17.2 Å². The summed E-state index contributed by atoms with van der Waals surface area (Å²) in [6.45, 7) is 13.1. The number of halogens is 2. The van der Waals surface area contributed by atoms with Crippen molar-refractivity contribution in [3.8, 4) is 11.5 Å². The van der Waals surface area contributed by atoms with E-state index in [1.165, 1.54) is 10.6 Å². The molecule has 9 heteroatoms. The summed E-state index contributed by atoms with van der Waals surface area (Å²) in [5, 5.41) is 9.89. The summed E-state index contributed by atoms with van der Waals surface area (Å²) >= 11 is 12.3. The Balaban J connectivity index is 1.30. The Morgan fingerprint density at radius 2 is 1.54 bits per heavy atom. The van der Waals surface area contributed by atoms with Crippen LogP contribution in [0.4, 0.5) is 11.4 Å². The van der Waals surface area contributed by atoms with Crippen molar-refractivity contribution in [2.45, 2.75) is 71.3 Å². The fraction of sp³-hybridized carbons (Fsp3) is 0.308. The van der Waals surface area contributed by atoms with E-state index >= 15 is 0 Å². The summed E-state index contributed by atoms with van der Waals surface area (Å²) in [6, 6.07) is 27.1. The van der Waals surface area contributed by atoms with Crippen molar-refractivity contribution in [3.05, 3.63) is 118 Å². The van der Waals surface area contributed by atoms with Crippen molar-refractivity contribution in [1.29, 1.82) is 0 Å². The van der Waals surface area contributed by atoms with Gasteiger partial charge in [0.25, 0.3) is 11.8 Å². The topological polar surface area (TPSA) is 80.2 Å². The summed E-state index contributed by atoms with van der Waals surface area (Å²) in [4.78, 5) is 26.7. The number of hydrazone groups is 1. The van der Waals surface area contributed by atoms with E-state index in [0.717, 1.165) is 18.4 Å². The zero-order valence-electron chi connectivity index (χ0n) is 28.1. The van der Waals surface area contributed by atoms with E-state index in [0.29, 0.717) is 44.2 Å². The number of anilines is 2. The highest BCUT2D eigenvalue weighted by molar-refractivity contribution is 6.31. The lowest BCUT2D eigenvalue weighted by atomic mass is 9.76. The highest BCUT2D eigenvalue weighted by atomic mass is 35.5. The Kier molecular flexibility index (Phi) is 10.5. The Morgan fingerprint density at radius 3 is 2.19 bits per heavy atom. The van der Waals surface area contributed by atoms with Crippen LogP contribution < -0.4 is 19.8 Å². The molecule has 0 radical (unpaired) electrons. The molecule has 2 amide bonds. The van der Waals surface area contributed by atoms with Crippen LogP contribution in [0.1, 0.15) is 71.1 Å². The van der Waals surface area contributed by atoms with Crippen molar-refractivity contribution in [1.82, 2.24) is 0 Å². The Labute approximate surface area is 292 Å². The molecule has 0 saturated heterocycles. The number of carbonyl (C=O) groups excluding carboxylic acids is 2. The smallest absolute Gasteiger partial charge is 0.294 e. The van der Waals surface area contributed by atoms with Gasteiger partial charge in [-0.05, 0) is 89.9 Å². The van der Waals surface area contributed by atoms with Gasteiger partial charge in [-0.2, -0.15) is 10.1 Å². The first-order valence-electron chi connectivity index (χ1n) is 16.1. The molecule has 0 fully saturated rings. The molecule has 0 bridgehead atoms. The average Bonchev–Trinajstić information content (AvgIpc) is 3.39. The molecule has 0 aromatic heterocycles. The number of hydrogen-bond acceptors (Lipinski definition) is 5. The molecule has 0 spiro atoms. The van der Waals surface area contributed by atoms with Gasteiger partial charge in [0, 0.05) is 26.9 Å². The lowest BCUT2D eigenvalue weighted by Gasteiger charge is -2.30. The van der Waals surface area contributed by atoms with Crippen molar-refractivity contribution >= 4 is 52.1 Å². The fourth-order valence-electron chi connectivity index (χ4n) is 5.26. The number of amides is 2. The lowest BCUT2D eigenvalue weighted by molar-refractivity contribution is -0.122. The van der Waals surface area contributed by atoms with E-state index in [9.17, 15) is 9.59 Å². The first kappa shape index (κ1) is 35.0. The Morgan fingerprint density at radius 1 is 0.854 bits per heavy atom. The molecule has 48 heavy (non-hydrogen) atoms. The third-order valence-electron chi connectivity index (χ3n) is 9.09. The van der Waals surface area contributed by atoms with Crippen LogP contribution in [0.25, 0.3) is 0 Å². The van der Waals surface area contributed by atoms with Crippen molar-refractivity contribution in [3.63, 3.8) is 0 Å². The number of nitrogens with zero attached hydrogens (tertiary/aromatic N) is 2. The molecule has 7 nitrogen and oxygen atoms in total. The van der Waals surface area contributed by atoms with E-state index in [1.54, 1.807) is 72.8 Å². The van der Waals surface area contributed by atoms with Crippen LogP contribution in [0.3, 0.4) is 0 Å². The minimum atomic E-state index is -1.01. The number of hydrogen-bond donors (Lipinski definition) is 1. The van der Waals surface area contributed by atoms with E-state index in [2.05, 4.69) is 64.1 Å². The monoisotopic (exact) mass is 685 g/mol. The highest BCUT2D eigenvalue weighted by Crippen LogP contribution is 2.38. The molecule has 4 aromatic rings. The standard InChI is InChI=1S/C39H41Cl2N3O4/c1-7-38(3,4)26-14-21-33(32(22-26)39(5,6)8-2)47-24-34(45)42-29-17-19-30(20-18-29)44-37(46)36(48-31-11-9-10-28(41)23-31)35(43-44)25-12-15-27(40)16-13-25/h9-23,36H,7-8,24H2,1-6H3,(H,42,45). The molecular formula is C39H41Cl2N3O4. The molecule has 4 aromatic carbocycles. The molecule has 1 aliphatic heterocycles. The first-order chi connectivity index (χ1) is 22.8. The van der Waals surface area contributed by atoms with E-state index < -0.39 is 6.10 Å². The lowest BCUT2D eigenvalue weighted by Crippen LogP contribution is -2.37. The second-order valence-electron chi connectivity index (χ2n) is 13.2. The van der Waals surface area contributed by atoms with Crippen molar-refractivity contribution < 1.29 is 19.1 Å². The van der Waals surface area contributed by atoms with Crippen molar-refractivity contribution in [2.75, 3.05) is 16.9 Å². The summed E-state index contributed by atoms with van der Waals surface area (Å²) in [5.74, 6) is 0.482. The molecular weight excluding hydrogens is 645 g/mol. The largest absolute Gasteiger partial charge is 0.483 e. The van der Waals surface area contributed by atoms with E-state index in [-0.39, 0.29) is 29.3 Å². The van der Waals surface area contributed by atoms with Gasteiger partial charge in [0.2, 0.25) is 6.10 Å². The van der Waals surface area contributed by atoms with E-state index in [1.807, 2.05) is 6.07 Å². The van der Waals surface area contributed by atoms with Crippen LogP contribution in [0.5, 0.6) is 11.5 Å². The molecule has 250 valence electrons. The minimum Gasteiger partial charge on any atom is -0.483 e. The maximum absolute atomic E-state index is 13.7. The number of ether oxygens (including phenoxy) is 2. The Hall–Kier alpha value is -4.33. The predicted octanol–water partition coefficient (Wildman–Crippen LogP) is 9.58. The summed E-state index contributed by atoms with van der Waals surface area (Å²) in [6.07, 6.45) is 0.932. The van der Waals surface area contributed by atoms with Gasteiger partial charge >= 0.3 is 0 Å². The second-order valence-corrected chi connectivity index (χ2v) is 14.0. The summed E-state index contributed by atoms with van der Waals surface area (Å²) < 4.78 is 12.2. The maximum atomic E-state index is 13.7. The molecule has 1 atom stereocenters. The zero-order valence-corrected chi connectivity index (χ0v) is 29.7. The normalized spacial score (nSPS) is 14.9. The molecule has 1 aliphatic rings. The van der Waals surface area contributed by atoms with Crippen molar-refractivity contribution in [2.24, 2.45) is 5.10 Å². The van der Waals surface area contributed by atoms with Crippen LogP contribution in [-0.2, 0) is 20.4 Å². The maximum Gasteiger partial charge on any atom is 0.294 e. The number of benzene rings is 4. The third kappa shape index (κ3) is 7.86. The number of nitrogens with one attached hydrogen (secondary N) is 1. The van der Waals surface area contributed by atoms with Gasteiger partial charge in [-0.25, -0.2) is 0 Å². The van der Waals surface area contributed by atoms with Gasteiger partial charge in [-0.1, -0.05) is 95.1 Å². The second kappa shape index (κ2) is 14.4. The van der Waals surface area contributed by atoms with Crippen LogP contribution in [0, 0.1) is 0 Å². The number of carbonyl (C=O) groups is 2.